The Kier molecular flexibility index (Phi) is 4.06. The van der Waals surface area contributed by atoms with E-state index in [-0.39, 0.29) is 6.04 Å². The molecule has 1 aliphatic rings. The van der Waals surface area contributed by atoms with E-state index in [0.29, 0.717) is 11.9 Å². The second kappa shape index (κ2) is 6.13. The summed E-state index contributed by atoms with van der Waals surface area (Å²) in [5, 5.41) is 10.9. The van der Waals surface area contributed by atoms with Crippen LogP contribution in [0, 0.1) is 0 Å². The Labute approximate surface area is 124 Å². The molecule has 0 saturated carbocycles. The van der Waals surface area contributed by atoms with E-state index < -0.39 is 0 Å². The molecule has 3 rings (SSSR count). The summed E-state index contributed by atoms with van der Waals surface area (Å²) < 4.78 is 5.43. The van der Waals surface area contributed by atoms with E-state index in [9.17, 15) is 0 Å². The highest BCUT2D eigenvalue weighted by atomic mass is 16.4. The van der Waals surface area contributed by atoms with E-state index in [1.807, 2.05) is 19.1 Å². The van der Waals surface area contributed by atoms with Gasteiger partial charge in [0.15, 0.2) is 0 Å². The van der Waals surface area contributed by atoms with E-state index >= 15 is 0 Å². The van der Waals surface area contributed by atoms with E-state index in [0.717, 1.165) is 18.8 Å². The fourth-order valence-corrected chi connectivity index (χ4v) is 2.50. The molecule has 1 saturated heterocycles. The van der Waals surface area contributed by atoms with Gasteiger partial charge in [0, 0.05) is 24.5 Å². The molecule has 3 N–H and O–H groups in total. The van der Waals surface area contributed by atoms with Crippen molar-refractivity contribution in [2.24, 2.45) is 5.73 Å². The third-order valence-corrected chi connectivity index (χ3v) is 3.67. The maximum absolute atomic E-state index is 5.69. The van der Waals surface area contributed by atoms with Gasteiger partial charge in [-0.2, -0.15) is 0 Å². The molecule has 6 nitrogen and oxygen atoms in total. The summed E-state index contributed by atoms with van der Waals surface area (Å²) in [6, 6.07) is 8.41. The highest BCUT2D eigenvalue weighted by Crippen LogP contribution is 2.23. The number of nitrogens with one attached hydrogen (secondary N) is 1. The van der Waals surface area contributed by atoms with Gasteiger partial charge in [-0.25, -0.2) is 0 Å². The molecule has 1 unspecified atom stereocenters. The monoisotopic (exact) mass is 287 g/mol. The van der Waals surface area contributed by atoms with Crippen molar-refractivity contribution in [3.63, 3.8) is 0 Å². The lowest BCUT2D eigenvalue weighted by Crippen LogP contribution is -2.29. The number of anilines is 3. The molecule has 1 aliphatic heterocycles. The quantitative estimate of drug-likeness (QED) is 0.900. The number of nitrogens with two attached hydrogens (primary N) is 1. The Morgan fingerprint density at radius 3 is 2.48 bits per heavy atom. The molecule has 21 heavy (non-hydrogen) atoms. The van der Waals surface area contributed by atoms with Gasteiger partial charge >= 0.3 is 6.01 Å². The second-order valence-electron chi connectivity index (χ2n) is 5.45. The van der Waals surface area contributed by atoms with Crippen LogP contribution in [0.4, 0.5) is 17.4 Å². The van der Waals surface area contributed by atoms with E-state index in [1.54, 1.807) is 0 Å². The number of nitrogens with zero attached hydrogens (tertiary/aromatic N) is 3. The highest BCUT2D eigenvalue weighted by Gasteiger charge is 2.12. The fraction of sp³-hybridized carbons (Fsp3) is 0.467. The second-order valence-corrected chi connectivity index (χ2v) is 5.45. The first-order valence-corrected chi connectivity index (χ1v) is 7.43. The summed E-state index contributed by atoms with van der Waals surface area (Å²) in [7, 11) is 0. The fourth-order valence-electron chi connectivity index (χ4n) is 2.50. The van der Waals surface area contributed by atoms with Crippen molar-refractivity contribution in [2.45, 2.75) is 32.2 Å². The molecule has 0 bridgehead atoms. The molecule has 2 heterocycles. The van der Waals surface area contributed by atoms with Crippen LogP contribution < -0.4 is 16.0 Å². The normalized spacial score (nSPS) is 16.8. The Bertz CT molecular complexity index is 572. The summed E-state index contributed by atoms with van der Waals surface area (Å²) in [4.78, 5) is 2.42. The van der Waals surface area contributed by atoms with E-state index in [4.69, 9.17) is 10.2 Å². The lowest BCUT2D eigenvalue weighted by atomic mass is 10.1. The van der Waals surface area contributed by atoms with Gasteiger partial charge in [0.1, 0.15) is 0 Å². The summed E-state index contributed by atoms with van der Waals surface area (Å²) in [6.07, 6.45) is 3.90. The van der Waals surface area contributed by atoms with Crippen molar-refractivity contribution in [3.8, 4) is 0 Å². The zero-order valence-electron chi connectivity index (χ0n) is 12.2. The topological polar surface area (TPSA) is 80.2 Å². The lowest BCUT2D eigenvalue weighted by molar-refractivity contribution is 0.475. The maximum Gasteiger partial charge on any atom is 0.320 e. The smallest absolute Gasteiger partial charge is 0.320 e. The molecule has 1 atom stereocenters. The molecule has 0 aliphatic carbocycles. The van der Waals surface area contributed by atoms with Gasteiger partial charge in [-0.05, 0) is 50.5 Å². The first kappa shape index (κ1) is 13.9. The average Bonchev–Trinajstić information content (AvgIpc) is 2.98. The zero-order chi connectivity index (χ0) is 14.7. The average molecular weight is 287 g/mol. The van der Waals surface area contributed by atoms with Gasteiger partial charge in [-0.3, -0.25) is 0 Å². The van der Waals surface area contributed by atoms with Crippen molar-refractivity contribution < 1.29 is 4.42 Å². The van der Waals surface area contributed by atoms with Crippen LogP contribution in [-0.4, -0.2) is 23.3 Å². The summed E-state index contributed by atoms with van der Waals surface area (Å²) in [5.41, 5.74) is 7.89. The first-order chi connectivity index (χ1) is 10.2. The molecule has 1 aromatic carbocycles. The number of benzene rings is 1. The van der Waals surface area contributed by atoms with Crippen molar-refractivity contribution in [2.75, 3.05) is 23.3 Å². The molecule has 1 fully saturated rings. The third kappa shape index (κ3) is 3.33. The van der Waals surface area contributed by atoms with Crippen LogP contribution in [-0.2, 0) is 0 Å². The van der Waals surface area contributed by atoms with E-state index in [1.165, 1.54) is 24.9 Å². The largest absolute Gasteiger partial charge is 0.406 e. The van der Waals surface area contributed by atoms with Crippen LogP contribution in [0.25, 0.3) is 0 Å². The highest BCUT2D eigenvalue weighted by molar-refractivity contribution is 5.58. The third-order valence-electron chi connectivity index (χ3n) is 3.67. The van der Waals surface area contributed by atoms with Gasteiger partial charge in [0.2, 0.25) is 5.89 Å². The molecule has 2 aromatic rings. The Hall–Kier alpha value is -2.08. The number of rotatable bonds is 4. The van der Waals surface area contributed by atoms with Crippen LogP contribution in [0.2, 0.25) is 0 Å². The van der Waals surface area contributed by atoms with Crippen LogP contribution in [0.5, 0.6) is 0 Å². The van der Waals surface area contributed by atoms with Crippen molar-refractivity contribution in [1.29, 1.82) is 0 Å². The lowest BCUT2D eigenvalue weighted by Gasteiger charge is -2.28. The molecule has 0 radical (unpaired) electrons. The Morgan fingerprint density at radius 1 is 1.14 bits per heavy atom. The molecule has 6 heteroatoms. The number of aromatic nitrogens is 2. The molecular weight excluding hydrogens is 266 g/mol. The Morgan fingerprint density at radius 2 is 1.86 bits per heavy atom. The van der Waals surface area contributed by atoms with Crippen molar-refractivity contribution in [3.05, 3.63) is 30.2 Å². The Balaban J connectivity index is 1.65. The van der Waals surface area contributed by atoms with Crippen LogP contribution in [0.15, 0.2) is 28.7 Å². The molecule has 1 aromatic heterocycles. The van der Waals surface area contributed by atoms with Crippen LogP contribution >= 0.6 is 0 Å². The standard InChI is InChI=1S/C15H21N5O/c1-11(16)14-18-19-15(21-14)17-12-5-7-13(8-6-12)20-9-3-2-4-10-20/h5-8,11H,2-4,9-10,16H2,1H3,(H,17,19). The summed E-state index contributed by atoms with van der Waals surface area (Å²) >= 11 is 0. The SMILES string of the molecule is CC(N)c1nnc(Nc2ccc(N3CCCCC3)cc2)o1. The van der Waals surface area contributed by atoms with Gasteiger partial charge in [-0.15, -0.1) is 5.10 Å². The summed E-state index contributed by atoms with van der Waals surface area (Å²) in [6.45, 7) is 4.10. The molecular formula is C15H21N5O. The predicted molar refractivity (Wildman–Crippen MR) is 82.7 cm³/mol. The van der Waals surface area contributed by atoms with Gasteiger partial charge in [0.05, 0.1) is 6.04 Å². The zero-order valence-corrected chi connectivity index (χ0v) is 12.2. The minimum atomic E-state index is -0.255. The first-order valence-electron chi connectivity index (χ1n) is 7.43. The predicted octanol–water partition coefficient (Wildman–Crippen LogP) is 2.82. The number of hydrogen-bond acceptors (Lipinski definition) is 6. The molecule has 0 spiro atoms. The van der Waals surface area contributed by atoms with Crippen molar-refractivity contribution in [1.82, 2.24) is 10.2 Å². The van der Waals surface area contributed by atoms with E-state index in [2.05, 4.69) is 32.5 Å². The van der Waals surface area contributed by atoms with Crippen LogP contribution in [0.1, 0.15) is 38.1 Å². The van der Waals surface area contributed by atoms with Crippen LogP contribution in [0.3, 0.4) is 0 Å². The minimum absolute atomic E-state index is 0.255. The van der Waals surface area contributed by atoms with Gasteiger partial charge in [-0.1, -0.05) is 5.10 Å². The number of hydrogen-bond donors (Lipinski definition) is 2. The van der Waals surface area contributed by atoms with Gasteiger partial charge in [0.25, 0.3) is 0 Å². The molecule has 0 amide bonds. The van der Waals surface area contributed by atoms with Gasteiger partial charge < -0.3 is 20.4 Å². The molecule has 112 valence electrons. The summed E-state index contributed by atoms with van der Waals surface area (Å²) in [5.74, 6) is 0.433. The minimum Gasteiger partial charge on any atom is -0.406 e. The van der Waals surface area contributed by atoms with Crippen molar-refractivity contribution >= 4 is 17.4 Å². The maximum atomic E-state index is 5.69. The number of piperidine rings is 1.